The van der Waals surface area contributed by atoms with Crippen LogP contribution in [-0.4, -0.2) is 77.7 Å². The Morgan fingerprint density at radius 1 is 1.03 bits per heavy atom. The lowest BCUT2D eigenvalue weighted by Crippen LogP contribution is -2.49. The number of aromatic nitrogens is 2. The van der Waals surface area contributed by atoms with Gasteiger partial charge < -0.3 is 14.1 Å². The average Bonchev–Trinajstić information content (AvgIpc) is 3.39. The third kappa shape index (κ3) is 4.06. The van der Waals surface area contributed by atoms with Gasteiger partial charge in [-0.3, -0.25) is 14.6 Å². The topological polar surface area (TPSA) is 74.9 Å². The number of likely N-dealkylation sites (tertiary alicyclic amines) is 1. The Morgan fingerprint density at radius 2 is 1.80 bits per heavy atom. The van der Waals surface area contributed by atoms with Crippen molar-refractivity contribution in [3.05, 3.63) is 42.6 Å². The molecule has 0 N–H and O–H groups in total. The molecule has 3 fully saturated rings. The summed E-state index contributed by atoms with van der Waals surface area (Å²) in [6, 6.07) is 3.85. The highest BCUT2D eigenvalue weighted by Crippen LogP contribution is 2.43. The van der Waals surface area contributed by atoms with Gasteiger partial charge in [-0.1, -0.05) is 0 Å². The molecule has 1 atom stereocenters. The van der Waals surface area contributed by atoms with Gasteiger partial charge in [0.1, 0.15) is 6.10 Å². The molecule has 0 radical (unpaired) electrons. The van der Waals surface area contributed by atoms with Crippen LogP contribution in [0.5, 0.6) is 0 Å². The van der Waals surface area contributed by atoms with E-state index in [0.29, 0.717) is 0 Å². The molecule has 1 unspecified atom stereocenters. The lowest BCUT2D eigenvalue weighted by molar-refractivity contribution is -0.151. The van der Waals surface area contributed by atoms with Gasteiger partial charge in [-0.05, 0) is 38.1 Å². The number of nitrogens with zero attached hydrogens (tertiary/aromatic N) is 5. The minimum absolute atomic E-state index is 0.0115. The van der Waals surface area contributed by atoms with E-state index in [1.54, 1.807) is 24.9 Å². The lowest BCUT2D eigenvalue weighted by atomic mass is 9.76. The van der Waals surface area contributed by atoms with Gasteiger partial charge in [-0.15, -0.1) is 0 Å². The van der Waals surface area contributed by atoms with E-state index in [9.17, 15) is 4.79 Å². The monoisotopic (exact) mass is 411 g/mol. The largest absolute Gasteiger partial charge is 0.472 e. The highest BCUT2D eigenvalue weighted by atomic mass is 16.6. The molecular formula is C22H29N5O3. The molecule has 30 heavy (non-hydrogen) atoms. The first-order valence-electron chi connectivity index (χ1n) is 10.9. The number of cyclic esters (lactones) is 1. The fourth-order valence-corrected chi connectivity index (χ4v) is 5.00. The number of hydrogen-bond acceptors (Lipinski definition) is 8. The third-order valence-electron chi connectivity index (χ3n) is 6.79. The van der Waals surface area contributed by atoms with Crippen LogP contribution in [0.1, 0.15) is 24.8 Å². The molecule has 0 aromatic carbocycles. The van der Waals surface area contributed by atoms with Crippen molar-refractivity contribution in [2.24, 2.45) is 5.41 Å². The first kappa shape index (κ1) is 19.5. The van der Waals surface area contributed by atoms with Gasteiger partial charge in [0, 0.05) is 63.6 Å². The van der Waals surface area contributed by atoms with Gasteiger partial charge in [-0.2, -0.15) is 0 Å². The van der Waals surface area contributed by atoms with E-state index in [1.165, 1.54) is 5.56 Å². The van der Waals surface area contributed by atoms with Crippen LogP contribution in [0, 0.1) is 5.41 Å². The maximum absolute atomic E-state index is 12.8. The van der Waals surface area contributed by atoms with Gasteiger partial charge in [-0.25, -0.2) is 9.97 Å². The zero-order chi connectivity index (χ0) is 20.4. The van der Waals surface area contributed by atoms with Crippen LogP contribution in [0.15, 0.2) is 41.5 Å². The summed E-state index contributed by atoms with van der Waals surface area (Å²) in [4.78, 5) is 28.5. The van der Waals surface area contributed by atoms with Crippen LogP contribution in [0.2, 0.25) is 0 Å². The number of carbonyl (C=O) groups excluding carboxylic acids is 1. The van der Waals surface area contributed by atoms with E-state index in [0.717, 1.165) is 77.6 Å². The minimum Gasteiger partial charge on any atom is -0.472 e. The maximum Gasteiger partial charge on any atom is 0.312 e. The van der Waals surface area contributed by atoms with E-state index >= 15 is 0 Å². The van der Waals surface area contributed by atoms with E-state index in [2.05, 4.69) is 24.7 Å². The number of rotatable bonds is 5. The molecule has 1 spiro atoms. The van der Waals surface area contributed by atoms with Crippen LogP contribution in [0.25, 0.3) is 0 Å². The summed E-state index contributed by atoms with van der Waals surface area (Å²) in [6.07, 6.45) is 9.73. The Morgan fingerprint density at radius 3 is 2.50 bits per heavy atom. The van der Waals surface area contributed by atoms with Crippen LogP contribution in [-0.2, 0) is 16.1 Å². The fourth-order valence-electron chi connectivity index (χ4n) is 5.00. The standard InChI is InChI=1S/C22H29N5O3/c28-20-22(3-7-25(8-4-22)15-18-2-13-29-17-18)14-19(30-20)16-26-9-11-27(12-10-26)21-23-5-1-6-24-21/h1-2,5-6,13,17,19H,3-4,7-12,14-16H2. The fraction of sp³-hybridized carbons (Fsp3) is 0.591. The quantitative estimate of drug-likeness (QED) is 0.690. The molecule has 3 saturated heterocycles. The van der Waals surface area contributed by atoms with Crippen molar-refractivity contribution in [3.8, 4) is 0 Å². The van der Waals surface area contributed by atoms with Gasteiger partial charge in [0.05, 0.1) is 17.9 Å². The van der Waals surface area contributed by atoms with E-state index in [-0.39, 0.29) is 17.5 Å². The molecule has 0 amide bonds. The van der Waals surface area contributed by atoms with Crippen LogP contribution in [0.3, 0.4) is 0 Å². The van der Waals surface area contributed by atoms with Crippen LogP contribution >= 0.6 is 0 Å². The third-order valence-corrected chi connectivity index (χ3v) is 6.79. The number of piperidine rings is 1. The Balaban J connectivity index is 1.10. The first-order chi connectivity index (χ1) is 14.7. The summed E-state index contributed by atoms with van der Waals surface area (Å²) in [7, 11) is 0. The molecule has 2 aromatic heterocycles. The van der Waals surface area contributed by atoms with Crippen molar-refractivity contribution >= 4 is 11.9 Å². The van der Waals surface area contributed by atoms with E-state index in [4.69, 9.17) is 9.15 Å². The van der Waals surface area contributed by atoms with E-state index in [1.807, 2.05) is 12.1 Å². The van der Waals surface area contributed by atoms with Gasteiger partial charge in [0.2, 0.25) is 5.95 Å². The molecule has 160 valence electrons. The maximum atomic E-state index is 12.8. The predicted molar refractivity (Wildman–Crippen MR) is 111 cm³/mol. The number of esters is 1. The van der Waals surface area contributed by atoms with Crippen molar-refractivity contribution in [1.29, 1.82) is 0 Å². The van der Waals surface area contributed by atoms with Crippen molar-refractivity contribution < 1.29 is 13.9 Å². The van der Waals surface area contributed by atoms with Crippen LogP contribution < -0.4 is 4.90 Å². The van der Waals surface area contributed by atoms with Crippen molar-refractivity contribution in [1.82, 2.24) is 19.8 Å². The Labute approximate surface area is 176 Å². The second-order valence-electron chi connectivity index (χ2n) is 8.76. The number of hydrogen-bond donors (Lipinski definition) is 0. The molecule has 5 rings (SSSR count). The number of carbonyl (C=O) groups is 1. The lowest BCUT2D eigenvalue weighted by Gasteiger charge is -2.37. The summed E-state index contributed by atoms with van der Waals surface area (Å²) < 4.78 is 11.0. The second-order valence-corrected chi connectivity index (χ2v) is 8.76. The van der Waals surface area contributed by atoms with Gasteiger partial charge in [0.15, 0.2) is 0 Å². The van der Waals surface area contributed by atoms with Crippen LogP contribution in [0.4, 0.5) is 5.95 Å². The number of anilines is 1. The Hall–Kier alpha value is -2.45. The zero-order valence-corrected chi connectivity index (χ0v) is 17.3. The molecular weight excluding hydrogens is 382 g/mol. The SMILES string of the molecule is O=C1OC(CN2CCN(c3ncccn3)CC2)CC12CCN(Cc1ccoc1)CC2. The summed E-state index contributed by atoms with van der Waals surface area (Å²) >= 11 is 0. The minimum atomic E-state index is -0.280. The molecule has 3 aliphatic heterocycles. The molecule has 8 nitrogen and oxygen atoms in total. The highest BCUT2D eigenvalue weighted by molar-refractivity contribution is 5.79. The Kier molecular flexibility index (Phi) is 5.43. The number of furan rings is 1. The van der Waals surface area contributed by atoms with E-state index < -0.39 is 0 Å². The zero-order valence-electron chi connectivity index (χ0n) is 17.3. The second kappa shape index (κ2) is 8.35. The molecule has 8 heteroatoms. The number of ether oxygens (including phenoxy) is 1. The van der Waals surface area contributed by atoms with Gasteiger partial charge >= 0.3 is 5.97 Å². The Bertz CT molecular complexity index is 828. The summed E-state index contributed by atoms with van der Waals surface area (Å²) in [6.45, 7) is 7.27. The van der Waals surface area contributed by atoms with Crippen molar-refractivity contribution in [2.75, 3.05) is 50.7 Å². The summed E-state index contributed by atoms with van der Waals surface area (Å²) in [5, 5.41) is 0. The smallest absolute Gasteiger partial charge is 0.312 e. The normalized spacial score (nSPS) is 25.0. The first-order valence-corrected chi connectivity index (χ1v) is 10.9. The molecule has 0 aliphatic carbocycles. The molecule has 0 saturated carbocycles. The number of piperazine rings is 1. The molecule has 2 aromatic rings. The molecule has 5 heterocycles. The molecule has 3 aliphatic rings. The average molecular weight is 412 g/mol. The predicted octanol–water partition coefficient (Wildman–Crippen LogP) is 1.79. The highest BCUT2D eigenvalue weighted by Gasteiger charge is 2.50. The molecule has 0 bridgehead atoms. The summed E-state index contributed by atoms with van der Waals surface area (Å²) in [5.74, 6) is 0.817. The summed E-state index contributed by atoms with van der Waals surface area (Å²) in [5.41, 5.74) is 0.912. The van der Waals surface area contributed by atoms with Crippen molar-refractivity contribution in [3.63, 3.8) is 0 Å². The van der Waals surface area contributed by atoms with Gasteiger partial charge in [0.25, 0.3) is 0 Å². The van der Waals surface area contributed by atoms with Crippen molar-refractivity contribution in [2.45, 2.75) is 31.9 Å².